The minimum atomic E-state index is -0.939. The molecular formula is C14H25N5O5S2. The summed E-state index contributed by atoms with van der Waals surface area (Å²) in [6.45, 7) is 2.31. The van der Waals surface area contributed by atoms with E-state index in [-0.39, 0.29) is 18.1 Å². The molecule has 0 aliphatic carbocycles. The topological polar surface area (TPSA) is 146 Å². The highest BCUT2D eigenvalue weighted by molar-refractivity contribution is 7.80. The van der Waals surface area contributed by atoms with E-state index in [2.05, 4.69) is 51.8 Å². The van der Waals surface area contributed by atoms with Crippen LogP contribution in [-0.4, -0.2) is 72.8 Å². The number of rotatable bonds is 10. The van der Waals surface area contributed by atoms with Crippen LogP contribution < -0.4 is 26.6 Å². The highest BCUT2D eigenvalue weighted by atomic mass is 32.1. The summed E-state index contributed by atoms with van der Waals surface area (Å²) in [4.78, 5) is 58.2. The third kappa shape index (κ3) is 8.94. The lowest BCUT2D eigenvalue weighted by molar-refractivity contribution is -0.132. The first-order valence-electron chi connectivity index (χ1n) is 7.74. The Hall–Kier alpha value is -1.95. The fourth-order valence-corrected chi connectivity index (χ4v) is 2.27. The van der Waals surface area contributed by atoms with Crippen molar-refractivity contribution >= 4 is 54.8 Å². The standard InChI is InChI=1S/C14H25N5O5S2/c1-7(17-14(24)10(6-26)18-8(2)20)12(22)16-4-11(21)19-9(5-25)13(23)15-3/h7,9-10,25-26H,4-6H2,1-3H3,(H,15,23)(H,16,22)(H,17,24)(H,18,20)(H,19,21)/t7-,9+,10+/m1/s1. The molecule has 0 saturated heterocycles. The zero-order valence-corrected chi connectivity index (χ0v) is 16.6. The lowest BCUT2D eigenvalue weighted by atomic mass is 10.2. The molecule has 0 aromatic carbocycles. The molecule has 12 heteroatoms. The van der Waals surface area contributed by atoms with Gasteiger partial charge < -0.3 is 26.6 Å². The number of thiol groups is 2. The largest absolute Gasteiger partial charge is 0.357 e. The Kier molecular flexibility index (Phi) is 11.5. The molecule has 26 heavy (non-hydrogen) atoms. The number of likely N-dealkylation sites (N-methyl/N-ethyl adjacent to an activating group) is 1. The molecule has 0 aliphatic rings. The molecule has 148 valence electrons. The minimum Gasteiger partial charge on any atom is -0.357 e. The number of nitrogens with one attached hydrogen (secondary N) is 5. The predicted molar refractivity (Wildman–Crippen MR) is 102 cm³/mol. The van der Waals surface area contributed by atoms with Gasteiger partial charge in [0.15, 0.2) is 0 Å². The van der Waals surface area contributed by atoms with E-state index in [9.17, 15) is 24.0 Å². The first-order valence-corrected chi connectivity index (χ1v) is 9.00. The van der Waals surface area contributed by atoms with Crippen LogP contribution in [0.15, 0.2) is 0 Å². The van der Waals surface area contributed by atoms with E-state index in [1.54, 1.807) is 0 Å². The van der Waals surface area contributed by atoms with Crippen molar-refractivity contribution in [2.45, 2.75) is 32.0 Å². The number of hydrogen-bond acceptors (Lipinski definition) is 7. The van der Waals surface area contributed by atoms with Crippen LogP contribution >= 0.6 is 25.3 Å². The van der Waals surface area contributed by atoms with Crippen molar-refractivity contribution in [3.63, 3.8) is 0 Å². The number of carbonyl (C=O) groups excluding carboxylic acids is 5. The maximum Gasteiger partial charge on any atom is 0.244 e. The summed E-state index contributed by atoms with van der Waals surface area (Å²) in [5, 5.41) is 12.0. The van der Waals surface area contributed by atoms with Crippen LogP contribution in [0.3, 0.4) is 0 Å². The first-order chi connectivity index (χ1) is 12.2. The van der Waals surface area contributed by atoms with E-state index < -0.39 is 47.7 Å². The Morgan fingerprint density at radius 2 is 1.38 bits per heavy atom. The molecule has 0 aromatic rings. The van der Waals surface area contributed by atoms with Crippen LogP contribution in [0.2, 0.25) is 0 Å². The second-order valence-corrected chi connectivity index (χ2v) is 6.03. The third-order valence-electron chi connectivity index (χ3n) is 3.13. The Balaban J connectivity index is 4.45. The highest BCUT2D eigenvalue weighted by Gasteiger charge is 2.23. The van der Waals surface area contributed by atoms with E-state index in [1.165, 1.54) is 20.9 Å². The highest BCUT2D eigenvalue weighted by Crippen LogP contribution is 1.92. The molecule has 0 saturated carbocycles. The average Bonchev–Trinajstić information content (AvgIpc) is 2.60. The molecule has 0 heterocycles. The first kappa shape index (κ1) is 24.1. The molecule has 0 aliphatic heterocycles. The van der Waals surface area contributed by atoms with Crippen LogP contribution in [0.25, 0.3) is 0 Å². The molecule has 5 amide bonds. The second kappa shape index (κ2) is 12.4. The number of carbonyl (C=O) groups is 5. The van der Waals surface area contributed by atoms with Crippen LogP contribution in [0, 0.1) is 0 Å². The Morgan fingerprint density at radius 1 is 0.846 bits per heavy atom. The van der Waals surface area contributed by atoms with Crippen molar-refractivity contribution in [1.82, 2.24) is 26.6 Å². The normalized spacial score (nSPS) is 13.6. The quantitative estimate of drug-likeness (QED) is 0.196. The van der Waals surface area contributed by atoms with Crippen LogP contribution in [0.1, 0.15) is 13.8 Å². The van der Waals surface area contributed by atoms with E-state index in [0.717, 1.165) is 0 Å². The Labute approximate surface area is 162 Å². The molecule has 0 spiro atoms. The van der Waals surface area contributed by atoms with Crippen LogP contribution in [0.4, 0.5) is 0 Å². The molecular weight excluding hydrogens is 382 g/mol. The van der Waals surface area contributed by atoms with Crippen molar-refractivity contribution in [2.24, 2.45) is 0 Å². The number of amides is 5. The van der Waals surface area contributed by atoms with Crippen molar-refractivity contribution in [3.05, 3.63) is 0 Å². The van der Waals surface area contributed by atoms with E-state index >= 15 is 0 Å². The zero-order chi connectivity index (χ0) is 20.3. The molecule has 0 aromatic heterocycles. The molecule has 0 bridgehead atoms. The summed E-state index contributed by atoms with van der Waals surface area (Å²) >= 11 is 7.94. The van der Waals surface area contributed by atoms with Crippen molar-refractivity contribution in [1.29, 1.82) is 0 Å². The van der Waals surface area contributed by atoms with Crippen LogP contribution in [-0.2, 0) is 24.0 Å². The fraction of sp³-hybridized carbons (Fsp3) is 0.643. The predicted octanol–water partition coefficient (Wildman–Crippen LogP) is -2.80. The fourth-order valence-electron chi connectivity index (χ4n) is 1.75. The summed E-state index contributed by atoms with van der Waals surface area (Å²) in [6.07, 6.45) is 0. The van der Waals surface area contributed by atoms with Gasteiger partial charge in [0.1, 0.15) is 18.1 Å². The minimum absolute atomic E-state index is 0.0623. The van der Waals surface area contributed by atoms with Gasteiger partial charge in [-0.1, -0.05) is 0 Å². The van der Waals surface area contributed by atoms with Gasteiger partial charge in [-0.05, 0) is 6.92 Å². The third-order valence-corrected chi connectivity index (χ3v) is 3.86. The molecule has 0 rings (SSSR count). The van der Waals surface area contributed by atoms with Gasteiger partial charge in [0.2, 0.25) is 29.5 Å². The van der Waals surface area contributed by atoms with Gasteiger partial charge in [-0.3, -0.25) is 24.0 Å². The Morgan fingerprint density at radius 3 is 1.85 bits per heavy atom. The molecule has 3 atom stereocenters. The summed E-state index contributed by atoms with van der Waals surface area (Å²) in [6, 6.07) is -2.64. The van der Waals surface area contributed by atoms with Gasteiger partial charge >= 0.3 is 0 Å². The zero-order valence-electron chi connectivity index (χ0n) is 14.8. The molecule has 5 N–H and O–H groups in total. The Bertz CT molecular complexity index is 546. The van der Waals surface area contributed by atoms with Crippen LogP contribution in [0.5, 0.6) is 0 Å². The van der Waals surface area contributed by atoms with E-state index in [4.69, 9.17) is 0 Å². The molecule has 0 fully saturated rings. The second-order valence-electron chi connectivity index (χ2n) is 5.30. The van der Waals surface area contributed by atoms with Gasteiger partial charge in [-0.25, -0.2) is 0 Å². The van der Waals surface area contributed by atoms with E-state index in [0.29, 0.717) is 0 Å². The van der Waals surface area contributed by atoms with Gasteiger partial charge in [-0.2, -0.15) is 25.3 Å². The van der Waals surface area contributed by atoms with Gasteiger partial charge in [0.25, 0.3) is 0 Å². The maximum absolute atomic E-state index is 12.0. The lowest BCUT2D eigenvalue weighted by Gasteiger charge is -2.19. The van der Waals surface area contributed by atoms with Crippen molar-refractivity contribution in [2.75, 3.05) is 25.1 Å². The number of hydrogen-bond donors (Lipinski definition) is 7. The maximum atomic E-state index is 12.0. The van der Waals surface area contributed by atoms with Crippen molar-refractivity contribution in [3.8, 4) is 0 Å². The van der Waals surface area contributed by atoms with E-state index in [1.807, 2.05) is 0 Å². The summed E-state index contributed by atoms with van der Waals surface area (Å²) in [7, 11) is 1.43. The molecule has 0 radical (unpaired) electrons. The SMILES string of the molecule is CNC(=O)[C@H](CS)NC(=O)CNC(=O)[C@@H](C)NC(=O)[C@H](CS)NC(C)=O. The lowest BCUT2D eigenvalue weighted by Crippen LogP contribution is -2.54. The average molecular weight is 408 g/mol. The van der Waals surface area contributed by atoms with Gasteiger partial charge in [0.05, 0.1) is 6.54 Å². The molecule has 0 unspecified atom stereocenters. The van der Waals surface area contributed by atoms with Gasteiger partial charge in [0, 0.05) is 25.5 Å². The summed E-state index contributed by atoms with van der Waals surface area (Å²) < 4.78 is 0. The smallest absolute Gasteiger partial charge is 0.244 e. The van der Waals surface area contributed by atoms with Gasteiger partial charge in [-0.15, -0.1) is 0 Å². The monoisotopic (exact) mass is 407 g/mol. The molecule has 10 nitrogen and oxygen atoms in total. The van der Waals surface area contributed by atoms with Crippen molar-refractivity contribution < 1.29 is 24.0 Å². The summed E-state index contributed by atoms with van der Waals surface area (Å²) in [5.74, 6) is -2.40. The summed E-state index contributed by atoms with van der Waals surface area (Å²) in [5.41, 5.74) is 0.